The average Bonchev–Trinajstić information content (AvgIpc) is 3.50. The molecule has 12 nitrogen and oxygen atoms in total. The number of pyridine rings is 1. The molecule has 12 heteroatoms. The van der Waals surface area contributed by atoms with Gasteiger partial charge in [0.1, 0.15) is 17.3 Å². The molecule has 0 spiro atoms. The van der Waals surface area contributed by atoms with E-state index in [9.17, 15) is 14.7 Å². The maximum atomic E-state index is 13.0. The number of rotatable bonds is 5. The highest BCUT2D eigenvalue weighted by Gasteiger charge is 2.46. The summed E-state index contributed by atoms with van der Waals surface area (Å²) < 4.78 is 1.45. The number of aliphatic imine (C=N–C) groups is 1. The summed E-state index contributed by atoms with van der Waals surface area (Å²) in [5.41, 5.74) is 16.3. The van der Waals surface area contributed by atoms with E-state index in [0.717, 1.165) is 24.7 Å². The van der Waals surface area contributed by atoms with Gasteiger partial charge in [0.05, 0.1) is 17.5 Å². The van der Waals surface area contributed by atoms with Gasteiger partial charge in [0.2, 0.25) is 0 Å². The molecule has 3 atom stereocenters. The number of piperidine rings is 1. The Morgan fingerprint density at radius 2 is 1.83 bits per heavy atom. The van der Waals surface area contributed by atoms with Crippen LogP contribution in [0.2, 0.25) is 0 Å². The first-order valence-corrected chi connectivity index (χ1v) is 13.4. The van der Waals surface area contributed by atoms with Gasteiger partial charge in [0, 0.05) is 40.9 Å². The van der Waals surface area contributed by atoms with E-state index in [1.54, 1.807) is 23.4 Å². The van der Waals surface area contributed by atoms with Crippen LogP contribution in [0.5, 0.6) is 5.75 Å². The highest BCUT2D eigenvalue weighted by molar-refractivity contribution is 6.38. The van der Waals surface area contributed by atoms with Crippen LogP contribution in [0, 0.1) is 0 Å². The van der Waals surface area contributed by atoms with Gasteiger partial charge in [-0.25, -0.2) is 4.98 Å². The fourth-order valence-corrected chi connectivity index (χ4v) is 6.31. The van der Waals surface area contributed by atoms with E-state index in [1.165, 1.54) is 11.4 Å². The van der Waals surface area contributed by atoms with Gasteiger partial charge < -0.3 is 21.5 Å². The number of nitrogens with zero attached hydrogens (tertiary/aromatic N) is 6. The summed E-state index contributed by atoms with van der Waals surface area (Å²) in [4.78, 5) is 40.9. The number of anilines is 1. The molecular formula is C29H30N9O3+. The zero-order chi connectivity index (χ0) is 28.8. The van der Waals surface area contributed by atoms with E-state index in [2.05, 4.69) is 15.1 Å². The van der Waals surface area contributed by atoms with Gasteiger partial charge >= 0.3 is 11.7 Å². The van der Waals surface area contributed by atoms with Gasteiger partial charge in [-0.3, -0.25) is 20.0 Å². The van der Waals surface area contributed by atoms with Crippen molar-refractivity contribution in [2.45, 2.75) is 50.6 Å². The third-order valence-corrected chi connectivity index (χ3v) is 8.08. The summed E-state index contributed by atoms with van der Waals surface area (Å²) in [5.74, 6) is -0.590. The van der Waals surface area contributed by atoms with Gasteiger partial charge in [0.25, 0.3) is 6.34 Å². The van der Waals surface area contributed by atoms with E-state index < -0.39 is 0 Å². The number of carbonyl (C=O) groups excluding carboxylic acids is 2. The highest BCUT2D eigenvalue weighted by Crippen LogP contribution is 2.44. The molecule has 0 saturated carbocycles. The number of aromatic nitrogens is 4. The maximum Gasteiger partial charge on any atom is 0.316 e. The third kappa shape index (κ3) is 4.37. The Hall–Kier alpha value is -5.13. The summed E-state index contributed by atoms with van der Waals surface area (Å²) in [6, 6.07) is 10.9. The smallest absolute Gasteiger partial charge is 0.316 e. The largest absolute Gasteiger partial charge is 0.506 e. The van der Waals surface area contributed by atoms with Crippen molar-refractivity contribution in [3.63, 3.8) is 0 Å². The number of carbonyl (C=O) groups is 2. The van der Waals surface area contributed by atoms with Crippen molar-refractivity contribution < 1.29 is 20.1 Å². The number of amides is 1. The second-order valence-corrected chi connectivity index (χ2v) is 10.5. The van der Waals surface area contributed by atoms with E-state index in [-0.39, 0.29) is 47.1 Å². The number of nitrogens with two attached hydrogens (primary N) is 3. The average molecular weight is 553 g/mol. The minimum atomic E-state index is -0.336. The summed E-state index contributed by atoms with van der Waals surface area (Å²) in [6.07, 6.45) is 7.10. The van der Waals surface area contributed by atoms with Gasteiger partial charge in [0.15, 0.2) is 11.4 Å². The van der Waals surface area contributed by atoms with E-state index in [0.29, 0.717) is 46.6 Å². The standard InChI is InChI=1S/C29H29N9O3/c1-15(39)23-25(17-9-19-7-8-20(10-17)37(19)29(41)26(31)34-14-30)36-28-21(13-35-38(28)27(23)32)18-11-22(40)24(33-12-18)16-5-3-2-4-6-16/h2-6,11-14,17,19-20,40H,7-10,32H2,1H3,(H3,30,31,34)/p+1/t17?,19-,20?/m0/s1. The molecular weight excluding hydrogens is 522 g/mol. The summed E-state index contributed by atoms with van der Waals surface area (Å²) in [7, 11) is 0. The Morgan fingerprint density at radius 1 is 1.12 bits per heavy atom. The number of amidine groups is 1. The van der Waals surface area contributed by atoms with Crippen molar-refractivity contribution >= 4 is 35.3 Å². The lowest BCUT2D eigenvalue weighted by atomic mass is 9.85. The second-order valence-electron chi connectivity index (χ2n) is 10.5. The molecule has 2 fully saturated rings. The predicted octanol–water partition coefficient (Wildman–Crippen LogP) is 1.33. The molecule has 2 saturated heterocycles. The van der Waals surface area contributed by atoms with E-state index in [4.69, 9.17) is 21.9 Å². The first-order chi connectivity index (χ1) is 19.8. The Labute approximate surface area is 235 Å². The molecule has 0 aliphatic carbocycles. The van der Waals surface area contributed by atoms with Gasteiger partial charge in [-0.15, -0.1) is 0 Å². The minimum absolute atomic E-state index is 0.0188. The molecule has 2 aliphatic rings. The number of fused-ring (bicyclic) bond motifs is 3. The molecule has 4 aromatic rings. The fourth-order valence-electron chi connectivity index (χ4n) is 6.31. The monoisotopic (exact) mass is 552 g/mol. The Balaban J connectivity index is 1.40. The topological polar surface area (TPSA) is 191 Å². The summed E-state index contributed by atoms with van der Waals surface area (Å²) >= 11 is 0. The minimum Gasteiger partial charge on any atom is -0.506 e. The lowest BCUT2D eigenvalue weighted by Crippen LogP contribution is -2.51. The third-order valence-electron chi connectivity index (χ3n) is 8.08. The van der Waals surface area contributed by atoms with Crippen molar-refractivity contribution in [3.05, 3.63) is 60.0 Å². The Morgan fingerprint density at radius 3 is 2.46 bits per heavy atom. The molecule has 3 aromatic heterocycles. The first-order valence-electron chi connectivity index (χ1n) is 13.4. The first kappa shape index (κ1) is 26.1. The molecule has 2 bridgehead atoms. The number of hydrogen-bond donors (Lipinski definition) is 4. The SMILES string of the molecule is CC(=O)c1c(C2CC3CC[C@@H](C2)N3C(=O)C(N)=NC=[NH2+])nc2c(-c3cnc(-c4ccccc4)c(O)c3)cnn2c1N. The van der Waals surface area contributed by atoms with Crippen LogP contribution < -0.4 is 16.9 Å². The quantitative estimate of drug-likeness (QED) is 0.162. The molecule has 7 N–H and O–H groups in total. The summed E-state index contributed by atoms with van der Waals surface area (Å²) in [6.45, 7) is 1.46. The molecule has 6 rings (SSSR count). The Kier molecular flexibility index (Phi) is 6.45. The molecule has 41 heavy (non-hydrogen) atoms. The van der Waals surface area contributed by atoms with E-state index in [1.807, 2.05) is 30.3 Å². The van der Waals surface area contributed by atoms with Crippen molar-refractivity contribution in [2.75, 3.05) is 5.73 Å². The number of benzene rings is 1. The van der Waals surface area contributed by atoms with Crippen LogP contribution in [0.15, 0.2) is 53.8 Å². The van der Waals surface area contributed by atoms with Crippen LogP contribution in [0.25, 0.3) is 28.0 Å². The Bertz CT molecular complexity index is 1720. The van der Waals surface area contributed by atoms with Crippen molar-refractivity contribution in [3.8, 4) is 28.1 Å². The predicted molar refractivity (Wildman–Crippen MR) is 153 cm³/mol. The van der Waals surface area contributed by atoms with Gasteiger partial charge in [-0.2, -0.15) is 9.61 Å². The molecule has 1 amide bonds. The number of hydrogen-bond acceptors (Lipinski definition) is 7. The fraction of sp³-hybridized carbons (Fsp3) is 0.276. The van der Waals surface area contributed by atoms with Gasteiger partial charge in [-0.1, -0.05) is 30.3 Å². The van der Waals surface area contributed by atoms with Crippen LogP contribution in [0.3, 0.4) is 0 Å². The number of ketones is 1. The molecule has 2 unspecified atom stereocenters. The van der Waals surface area contributed by atoms with Crippen LogP contribution in [-0.4, -0.2) is 65.5 Å². The lowest BCUT2D eigenvalue weighted by Gasteiger charge is -2.38. The molecule has 2 aliphatic heterocycles. The van der Waals surface area contributed by atoms with Crippen LogP contribution in [0.1, 0.15) is 54.6 Å². The second kappa shape index (κ2) is 10.1. The lowest BCUT2D eigenvalue weighted by molar-refractivity contribution is -0.128. The summed E-state index contributed by atoms with van der Waals surface area (Å²) in [5, 5.41) is 20.6. The highest BCUT2D eigenvalue weighted by atomic mass is 16.3. The molecule has 208 valence electrons. The van der Waals surface area contributed by atoms with Crippen LogP contribution in [-0.2, 0) is 4.79 Å². The number of aromatic hydroxyl groups is 1. The van der Waals surface area contributed by atoms with Crippen molar-refractivity contribution in [1.29, 1.82) is 0 Å². The maximum absolute atomic E-state index is 13.0. The molecule has 5 heterocycles. The number of nitrogen functional groups attached to an aromatic ring is 1. The number of Topliss-reactive ketones (excluding diaryl/α,β-unsaturated/α-hetero) is 1. The van der Waals surface area contributed by atoms with Gasteiger partial charge in [-0.05, 0) is 43.7 Å². The van der Waals surface area contributed by atoms with Crippen molar-refractivity contribution in [1.82, 2.24) is 24.5 Å². The van der Waals surface area contributed by atoms with E-state index >= 15 is 0 Å². The molecule has 0 radical (unpaired) electrons. The van der Waals surface area contributed by atoms with Crippen molar-refractivity contribution in [2.24, 2.45) is 10.7 Å². The zero-order valence-corrected chi connectivity index (χ0v) is 22.4. The van der Waals surface area contributed by atoms with Crippen LogP contribution in [0.4, 0.5) is 5.82 Å². The normalized spacial score (nSPS) is 20.4. The zero-order valence-electron chi connectivity index (χ0n) is 22.4. The van der Waals surface area contributed by atoms with Crippen LogP contribution >= 0.6 is 0 Å². The molecule has 1 aromatic carbocycles.